The zero-order valence-electron chi connectivity index (χ0n) is 17.1. The fourth-order valence-corrected chi connectivity index (χ4v) is 3.48. The predicted octanol–water partition coefficient (Wildman–Crippen LogP) is 3.80. The molecule has 1 aliphatic rings. The number of hydrogen-bond acceptors (Lipinski definition) is 8. The van der Waals surface area contributed by atoms with E-state index in [1.807, 2.05) is 12.1 Å². The molecule has 2 heterocycles. The molecule has 1 aliphatic carbocycles. The number of aromatic nitrogens is 4. The van der Waals surface area contributed by atoms with Gasteiger partial charge in [-0.15, -0.1) is 24.8 Å². The van der Waals surface area contributed by atoms with Crippen molar-refractivity contribution in [2.24, 2.45) is 5.73 Å². The second-order valence-corrected chi connectivity index (χ2v) is 7.18. The Kier molecular flexibility index (Phi) is 8.85. The summed E-state index contributed by atoms with van der Waals surface area (Å²) in [5, 5.41) is 6.70. The van der Waals surface area contributed by atoms with E-state index >= 15 is 0 Å². The summed E-state index contributed by atoms with van der Waals surface area (Å²) in [5.74, 6) is 0.817. The second kappa shape index (κ2) is 11.1. The van der Waals surface area contributed by atoms with Crippen LogP contribution < -0.4 is 16.4 Å². The van der Waals surface area contributed by atoms with Crippen molar-refractivity contribution in [3.8, 4) is 0 Å². The number of H-pyrrole nitrogens is 1. The number of imidazole rings is 1. The molecule has 0 bridgehead atoms. The quantitative estimate of drug-likeness (QED) is 0.402. The zero-order chi connectivity index (χ0) is 20.2. The molecule has 1 saturated carbocycles. The number of benzene rings is 1. The number of fused-ring (bicyclic) bond motifs is 1. The van der Waals surface area contributed by atoms with Crippen molar-refractivity contribution in [3.05, 3.63) is 36.2 Å². The molecule has 0 unspecified atom stereocenters. The number of halogens is 2. The second-order valence-electron chi connectivity index (χ2n) is 7.18. The lowest BCUT2D eigenvalue weighted by Gasteiger charge is -2.26. The van der Waals surface area contributed by atoms with Crippen LogP contribution in [0.5, 0.6) is 0 Å². The number of aromatic amines is 1. The molecule has 0 radical (unpaired) electrons. The third-order valence-corrected chi connectivity index (χ3v) is 5.05. The lowest BCUT2D eigenvalue weighted by molar-refractivity contribution is 0.0526. The third kappa shape index (κ3) is 5.96. The number of esters is 1. The van der Waals surface area contributed by atoms with Gasteiger partial charge in [0, 0.05) is 17.8 Å². The molecule has 5 N–H and O–H groups in total. The Morgan fingerprint density at radius 3 is 2.55 bits per heavy atom. The summed E-state index contributed by atoms with van der Waals surface area (Å²) < 4.78 is 5.02. The van der Waals surface area contributed by atoms with Crippen LogP contribution in [-0.2, 0) is 4.74 Å². The number of carbonyl (C=O) groups excluding carboxylic acids is 1. The number of nitrogens with one attached hydrogen (secondary N) is 3. The van der Waals surface area contributed by atoms with Crippen LogP contribution in [0.4, 0.5) is 17.5 Å². The highest BCUT2D eigenvalue weighted by Gasteiger charge is 2.20. The molecule has 0 atom stereocenters. The zero-order valence-corrected chi connectivity index (χ0v) is 18.8. The molecule has 31 heavy (non-hydrogen) atoms. The molecular weight excluding hydrogens is 441 g/mol. The van der Waals surface area contributed by atoms with E-state index in [0.717, 1.165) is 36.9 Å². The van der Waals surface area contributed by atoms with Crippen molar-refractivity contribution in [3.63, 3.8) is 0 Å². The maximum Gasteiger partial charge on any atom is 0.338 e. The van der Waals surface area contributed by atoms with Gasteiger partial charge < -0.3 is 26.1 Å². The number of nitrogens with two attached hydrogens (primary N) is 1. The van der Waals surface area contributed by atoms with Gasteiger partial charge in [0.25, 0.3) is 0 Å². The largest absolute Gasteiger partial charge is 0.462 e. The molecule has 0 saturated heterocycles. The molecular formula is C20H27Cl2N7O2. The molecule has 0 aliphatic heterocycles. The topological polar surface area (TPSA) is 131 Å². The highest BCUT2D eigenvalue weighted by atomic mass is 35.5. The lowest BCUT2D eigenvalue weighted by atomic mass is 9.92. The molecule has 11 heteroatoms. The van der Waals surface area contributed by atoms with E-state index < -0.39 is 0 Å². The summed E-state index contributed by atoms with van der Waals surface area (Å²) in [7, 11) is 0. The van der Waals surface area contributed by atoms with Crippen LogP contribution in [-0.4, -0.2) is 44.6 Å². The molecule has 1 fully saturated rings. The van der Waals surface area contributed by atoms with Crippen LogP contribution in [0.2, 0.25) is 0 Å². The first kappa shape index (κ1) is 24.6. The van der Waals surface area contributed by atoms with Crippen LogP contribution in [0.3, 0.4) is 0 Å². The summed E-state index contributed by atoms with van der Waals surface area (Å²) in [4.78, 5) is 28.3. The van der Waals surface area contributed by atoms with Gasteiger partial charge in [0.05, 0.1) is 18.5 Å². The minimum Gasteiger partial charge on any atom is -0.462 e. The smallest absolute Gasteiger partial charge is 0.338 e. The van der Waals surface area contributed by atoms with Crippen LogP contribution in [0.25, 0.3) is 11.2 Å². The standard InChI is InChI=1S/C20H25N7O2.2ClH/c1-2-29-19(28)12-3-7-14(8-4-12)24-18-16-17(23-11-22-16)26-20(27-18)25-15-9-5-13(21)6-10-15;;/h3-4,7-8,11,13,15H,2,5-6,9-10,21H2,1H3,(H3,22,23,24,25,26,27);2*1H. The molecule has 3 aromatic rings. The van der Waals surface area contributed by atoms with E-state index in [9.17, 15) is 4.79 Å². The summed E-state index contributed by atoms with van der Waals surface area (Å²) in [6.07, 6.45) is 5.60. The Bertz CT molecular complexity index is 989. The van der Waals surface area contributed by atoms with Crippen LogP contribution in [0.1, 0.15) is 43.0 Å². The summed E-state index contributed by atoms with van der Waals surface area (Å²) >= 11 is 0. The summed E-state index contributed by atoms with van der Waals surface area (Å²) in [6.45, 7) is 2.13. The van der Waals surface area contributed by atoms with Gasteiger partial charge in [-0.2, -0.15) is 9.97 Å². The maximum atomic E-state index is 11.8. The minimum absolute atomic E-state index is 0. The number of hydrogen-bond donors (Lipinski definition) is 4. The molecule has 2 aromatic heterocycles. The fraction of sp³-hybridized carbons (Fsp3) is 0.400. The van der Waals surface area contributed by atoms with Gasteiger partial charge in [0.15, 0.2) is 11.5 Å². The fourth-order valence-electron chi connectivity index (χ4n) is 3.48. The van der Waals surface area contributed by atoms with Gasteiger partial charge in [-0.05, 0) is 56.9 Å². The van der Waals surface area contributed by atoms with Gasteiger partial charge in [-0.3, -0.25) is 0 Å². The Hall–Kier alpha value is -2.62. The predicted molar refractivity (Wildman–Crippen MR) is 126 cm³/mol. The SMILES string of the molecule is CCOC(=O)c1ccc(Nc2nc(NC3CCC(N)CC3)nc3nc[nH]c23)cc1.Cl.Cl. The van der Waals surface area contributed by atoms with Crippen LogP contribution >= 0.6 is 24.8 Å². The Morgan fingerprint density at radius 2 is 1.87 bits per heavy atom. The van der Waals surface area contributed by atoms with E-state index in [1.54, 1.807) is 25.4 Å². The summed E-state index contributed by atoms with van der Waals surface area (Å²) in [6, 6.07) is 7.66. The van der Waals surface area contributed by atoms with Crippen LogP contribution in [0.15, 0.2) is 30.6 Å². The van der Waals surface area contributed by atoms with Gasteiger partial charge in [-0.25, -0.2) is 9.78 Å². The van der Waals surface area contributed by atoms with Crippen molar-refractivity contribution in [1.29, 1.82) is 0 Å². The van der Waals surface area contributed by atoms with E-state index in [1.165, 1.54) is 0 Å². The number of rotatable bonds is 6. The Morgan fingerprint density at radius 1 is 1.16 bits per heavy atom. The molecule has 0 spiro atoms. The van der Waals surface area contributed by atoms with Crippen LogP contribution in [0, 0.1) is 0 Å². The lowest BCUT2D eigenvalue weighted by Crippen LogP contribution is -2.33. The Balaban J connectivity index is 0.00000171. The average molecular weight is 468 g/mol. The van der Waals surface area contributed by atoms with E-state index in [2.05, 4.69) is 30.6 Å². The van der Waals surface area contributed by atoms with Gasteiger partial charge >= 0.3 is 5.97 Å². The molecule has 168 valence electrons. The molecule has 1 aromatic carbocycles. The average Bonchev–Trinajstić information content (AvgIpc) is 3.19. The molecule has 9 nitrogen and oxygen atoms in total. The Labute approximate surface area is 192 Å². The first-order valence-electron chi connectivity index (χ1n) is 9.90. The number of carbonyl (C=O) groups is 1. The monoisotopic (exact) mass is 467 g/mol. The summed E-state index contributed by atoms with van der Waals surface area (Å²) in [5.41, 5.74) is 8.60. The first-order chi connectivity index (χ1) is 14.1. The first-order valence-corrected chi connectivity index (χ1v) is 9.90. The number of ether oxygens (including phenoxy) is 1. The highest BCUT2D eigenvalue weighted by molar-refractivity contribution is 5.90. The molecule has 4 rings (SSSR count). The maximum absolute atomic E-state index is 11.8. The van der Waals surface area contributed by atoms with E-state index in [4.69, 9.17) is 10.5 Å². The van der Waals surface area contributed by atoms with Crippen molar-refractivity contribution in [1.82, 2.24) is 19.9 Å². The number of nitrogens with zero attached hydrogens (tertiary/aromatic N) is 3. The van der Waals surface area contributed by atoms with Gasteiger partial charge in [-0.1, -0.05) is 0 Å². The van der Waals surface area contributed by atoms with E-state index in [0.29, 0.717) is 35.6 Å². The molecule has 0 amide bonds. The normalized spacial score (nSPS) is 17.9. The number of anilines is 3. The van der Waals surface area contributed by atoms with Crippen molar-refractivity contribution < 1.29 is 9.53 Å². The highest BCUT2D eigenvalue weighted by Crippen LogP contribution is 2.25. The minimum atomic E-state index is -0.337. The van der Waals surface area contributed by atoms with Gasteiger partial charge in [0.1, 0.15) is 5.52 Å². The van der Waals surface area contributed by atoms with Crippen molar-refractivity contribution in [2.45, 2.75) is 44.7 Å². The van der Waals surface area contributed by atoms with Gasteiger partial charge in [0.2, 0.25) is 5.95 Å². The van der Waals surface area contributed by atoms with Crippen molar-refractivity contribution in [2.75, 3.05) is 17.2 Å². The third-order valence-electron chi connectivity index (χ3n) is 5.05. The van der Waals surface area contributed by atoms with E-state index in [-0.39, 0.29) is 36.8 Å². The van der Waals surface area contributed by atoms with Crippen molar-refractivity contribution >= 4 is 59.4 Å².